The Morgan fingerprint density at radius 2 is 2.05 bits per heavy atom. The maximum Gasteiger partial charge on any atom is 0.234 e. The van der Waals surface area contributed by atoms with Gasteiger partial charge in [0.2, 0.25) is 11.0 Å². The summed E-state index contributed by atoms with van der Waals surface area (Å²) >= 11 is 8.60. The molecule has 1 atom stereocenters. The number of nitrogens with one attached hydrogen (secondary N) is 1. The first kappa shape index (κ1) is 28.7. The van der Waals surface area contributed by atoms with E-state index in [0.717, 1.165) is 5.56 Å². The van der Waals surface area contributed by atoms with Gasteiger partial charge in [0, 0.05) is 17.7 Å². The van der Waals surface area contributed by atoms with E-state index in [9.17, 15) is 14.9 Å². The Morgan fingerprint density at radius 3 is 2.78 bits per heavy atom. The van der Waals surface area contributed by atoms with Crippen LogP contribution in [0.5, 0.6) is 5.75 Å². The lowest BCUT2D eigenvalue weighted by atomic mass is 9.68. The minimum atomic E-state index is -0.625. The zero-order valence-electron chi connectivity index (χ0n) is 22.6. The number of rotatable bonds is 7. The number of Topliss-reactive ketones (excluding diaryl/α,β-unsaturated/α-hetero) is 1. The summed E-state index contributed by atoms with van der Waals surface area (Å²) in [4.78, 5) is 27.9. The summed E-state index contributed by atoms with van der Waals surface area (Å²) < 4.78 is 5.95. The van der Waals surface area contributed by atoms with Crippen LogP contribution < -0.4 is 20.7 Å². The highest BCUT2D eigenvalue weighted by atomic mass is 35.5. The summed E-state index contributed by atoms with van der Waals surface area (Å²) in [7, 11) is 1.57. The van der Waals surface area contributed by atoms with Crippen molar-refractivity contribution in [3.8, 4) is 11.8 Å². The second-order valence-electron chi connectivity index (χ2n) is 10.4. The van der Waals surface area contributed by atoms with E-state index in [1.54, 1.807) is 36.3 Å². The van der Waals surface area contributed by atoms with Crippen molar-refractivity contribution in [3.63, 3.8) is 0 Å². The van der Waals surface area contributed by atoms with Crippen LogP contribution >= 0.6 is 34.7 Å². The highest BCUT2D eigenvalue weighted by molar-refractivity contribution is 8.01. The van der Waals surface area contributed by atoms with Gasteiger partial charge in [-0.1, -0.05) is 72.8 Å². The van der Waals surface area contributed by atoms with Crippen molar-refractivity contribution in [1.82, 2.24) is 10.2 Å². The van der Waals surface area contributed by atoms with Crippen molar-refractivity contribution >= 4 is 57.2 Å². The van der Waals surface area contributed by atoms with E-state index in [2.05, 4.69) is 21.6 Å². The fourth-order valence-corrected chi connectivity index (χ4v) is 6.97. The molecule has 3 aromatic rings. The van der Waals surface area contributed by atoms with E-state index in [0.29, 0.717) is 50.0 Å². The van der Waals surface area contributed by atoms with Gasteiger partial charge in [-0.2, -0.15) is 5.26 Å². The van der Waals surface area contributed by atoms with Crippen molar-refractivity contribution in [1.29, 1.82) is 5.26 Å². The second kappa shape index (κ2) is 11.6. The van der Waals surface area contributed by atoms with Gasteiger partial charge < -0.3 is 15.8 Å². The fourth-order valence-electron chi connectivity index (χ4n) is 5.11. The number of anilines is 2. The van der Waals surface area contributed by atoms with E-state index in [4.69, 9.17) is 22.1 Å². The lowest BCUT2D eigenvalue weighted by Crippen LogP contribution is -2.42. The molecule has 2 aromatic carbocycles. The van der Waals surface area contributed by atoms with Gasteiger partial charge >= 0.3 is 0 Å². The first-order valence-corrected chi connectivity index (χ1v) is 14.9. The van der Waals surface area contributed by atoms with Crippen LogP contribution in [-0.4, -0.2) is 34.8 Å². The topological polar surface area (TPSA) is 134 Å². The SMILES string of the molecule is COc1cccc(C2C(C#N)=C(N)N(c3nnc(SCC(=O)Nc4ccccc4Cl)s3)C3=C2C(=O)CC(C)(C)C3)c1. The van der Waals surface area contributed by atoms with E-state index in [-0.39, 0.29) is 34.3 Å². The van der Waals surface area contributed by atoms with E-state index in [1.165, 1.54) is 23.1 Å². The van der Waals surface area contributed by atoms with Gasteiger partial charge in [-0.25, -0.2) is 0 Å². The number of nitrogens with two attached hydrogens (primary N) is 1. The maximum absolute atomic E-state index is 13.7. The average Bonchev–Trinajstić information content (AvgIpc) is 3.40. The molecular formula is C29H27ClN6O3S2. The number of ketones is 1. The number of carbonyl (C=O) groups excluding carboxylic acids is 2. The van der Waals surface area contributed by atoms with Crippen molar-refractivity contribution in [2.24, 2.45) is 11.1 Å². The summed E-state index contributed by atoms with van der Waals surface area (Å²) in [6.45, 7) is 4.07. The fraction of sp³-hybridized carbons (Fsp3) is 0.276. The van der Waals surface area contributed by atoms with E-state index in [1.807, 2.05) is 38.1 Å². The number of aromatic nitrogens is 2. The largest absolute Gasteiger partial charge is 0.497 e. The number of para-hydroxylation sites is 1. The molecule has 9 nitrogen and oxygen atoms in total. The Hall–Kier alpha value is -3.85. The number of hydrogen-bond acceptors (Lipinski definition) is 10. The first-order chi connectivity index (χ1) is 19.6. The van der Waals surface area contributed by atoms with E-state index >= 15 is 0 Å². The molecule has 0 saturated carbocycles. The number of halogens is 1. The molecule has 1 aliphatic heterocycles. The number of amides is 1. The molecule has 2 aliphatic rings. The monoisotopic (exact) mass is 606 g/mol. The second-order valence-corrected chi connectivity index (χ2v) is 13.0. The molecule has 1 unspecified atom stereocenters. The summed E-state index contributed by atoms with van der Waals surface area (Å²) in [5.41, 5.74) is 9.16. The third kappa shape index (κ3) is 5.81. The molecule has 41 heavy (non-hydrogen) atoms. The molecule has 0 fully saturated rings. The molecule has 5 rings (SSSR count). The molecule has 1 aromatic heterocycles. The van der Waals surface area contributed by atoms with Crippen LogP contribution in [0.2, 0.25) is 5.02 Å². The molecule has 12 heteroatoms. The Balaban J connectivity index is 1.48. The lowest BCUT2D eigenvalue weighted by Gasteiger charge is -2.42. The normalized spacial score (nSPS) is 18.2. The number of allylic oxidation sites excluding steroid dienone is 3. The number of nitriles is 1. The van der Waals surface area contributed by atoms with Crippen molar-refractivity contribution in [2.45, 2.75) is 36.9 Å². The number of nitrogens with zero attached hydrogens (tertiary/aromatic N) is 4. The Bertz CT molecular complexity index is 1640. The lowest BCUT2D eigenvalue weighted by molar-refractivity contribution is -0.118. The van der Waals surface area contributed by atoms with Gasteiger partial charge in [-0.3, -0.25) is 14.5 Å². The molecule has 0 saturated heterocycles. The van der Waals surface area contributed by atoms with Gasteiger partial charge in [-0.15, -0.1) is 10.2 Å². The van der Waals surface area contributed by atoms with Crippen LogP contribution in [-0.2, 0) is 9.59 Å². The summed E-state index contributed by atoms with van der Waals surface area (Å²) in [5, 5.41) is 22.6. The highest BCUT2D eigenvalue weighted by Crippen LogP contribution is 2.51. The van der Waals surface area contributed by atoms with Gasteiger partial charge in [0.1, 0.15) is 11.6 Å². The highest BCUT2D eigenvalue weighted by Gasteiger charge is 2.45. The standard InChI is InChI=1S/C29H27ClN6O3S2/c1-29(2)12-21-25(22(37)13-29)24(16-7-6-8-17(11-16)39-3)18(14-31)26(32)36(21)27-34-35-28(41-27)40-15-23(38)33-20-10-5-4-9-19(20)30/h4-11,24H,12-13,15,32H2,1-3H3,(H,33,38). The quantitative estimate of drug-likeness (QED) is 0.316. The van der Waals surface area contributed by atoms with Crippen LogP contribution in [0.1, 0.15) is 38.2 Å². The third-order valence-electron chi connectivity index (χ3n) is 6.87. The van der Waals surface area contributed by atoms with Crippen molar-refractivity contribution in [3.05, 3.63) is 81.8 Å². The van der Waals surface area contributed by atoms with Gasteiger partial charge in [-0.05, 0) is 41.7 Å². The molecule has 210 valence electrons. The molecule has 3 N–H and O–H groups in total. The van der Waals surface area contributed by atoms with Gasteiger partial charge in [0.15, 0.2) is 10.1 Å². The molecule has 1 amide bonds. The number of hydrogen-bond donors (Lipinski definition) is 2. The number of thioether (sulfide) groups is 1. The molecule has 0 radical (unpaired) electrons. The first-order valence-electron chi connectivity index (χ1n) is 12.7. The molecule has 0 spiro atoms. The summed E-state index contributed by atoms with van der Waals surface area (Å²) in [5.74, 6) is 0.00991. The van der Waals surface area contributed by atoms with Crippen molar-refractivity contribution < 1.29 is 14.3 Å². The maximum atomic E-state index is 13.7. The Morgan fingerprint density at radius 1 is 1.27 bits per heavy atom. The predicted octanol–water partition coefficient (Wildman–Crippen LogP) is 5.87. The Labute approximate surface area is 251 Å². The minimum Gasteiger partial charge on any atom is -0.497 e. The van der Waals surface area contributed by atoms with Crippen LogP contribution in [0.15, 0.2) is 75.5 Å². The van der Waals surface area contributed by atoms with Crippen molar-refractivity contribution in [2.75, 3.05) is 23.1 Å². The van der Waals surface area contributed by atoms with Crippen LogP contribution in [0.3, 0.4) is 0 Å². The number of benzene rings is 2. The molecule has 0 bridgehead atoms. The summed E-state index contributed by atoms with van der Waals surface area (Å²) in [6, 6.07) is 16.6. The number of ether oxygens (including phenoxy) is 1. The number of carbonyl (C=O) groups is 2. The zero-order chi connectivity index (χ0) is 29.3. The van der Waals surface area contributed by atoms with Crippen LogP contribution in [0.25, 0.3) is 0 Å². The zero-order valence-corrected chi connectivity index (χ0v) is 25.0. The smallest absolute Gasteiger partial charge is 0.234 e. The third-order valence-corrected chi connectivity index (χ3v) is 9.24. The number of methoxy groups -OCH3 is 1. The molecular weight excluding hydrogens is 580 g/mol. The summed E-state index contributed by atoms with van der Waals surface area (Å²) in [6.07, 6.45) is 0.896. The molecule has 2 heterocycles. The Kier molecular flexibility index (Phi) is 8.09. The average molecular weight is 607 g/mol. The predicted molar refractivity (Wildman–Crippen MR) is 161 cm³/mol. The van der Waals surface area contributed by atoms with Crippen LogP contribution in [0.4, 0.5) is 10.8 Å². The van der Waals surface area contributed by atoms with Gasteiger partial charge in [0.05, 0.1) is 41.1 Å². The van der Waals surface area contributed by atoms with Crippen LogP contribution in [0, 0.1) is 16.7 Å². The molecule has 1 aliphatic carbocycles. The minimum absolute atomic E-state index is 0.0373. The van der Waals surface area contributed by atoms with E-state index < -0.39 is 5.92 Å². The van der Waals surface area contributed by atoms with Gasteiger partial charge in [0.25, 0.3) is 0 Å².